The highest BCUT2D eigenvalue weighted by atomic mass is 16.6. The van der Waals surface area contributed by atoms with Crippen molar-refractivity contribution in [3.05, 3.63) is 46.4 Å². The first kappa shape index (κ1) is 11.7. The van der Waals surface area contributed by atoms with Crippen molar-refractivity contribution in [1.29, 1.82) is 0 Å². The van der Waals surface area contributed by atoms with E-state index in [0.29, 0.717) is 17.5 Å². The number of hydrogen-bond donors (Lipinski definition) is 1. The lowest BCUT2D eigenvalue weighted by atomic mass is 9.98. The minimum Gasteiger partial charge on any atom is -0.396 e. The monoisotopic (exact) mass is 208 g/mol. The molecule has 0 heterocycles. The number of nitro groups is 1. The Morgan fingerprint density at radius 3 is 2.73 bits per heavy atom. The van der Waals surface area contributed by atoms with Crippen LogP contribution in [0.25, 0.3) is 0 Å². The van der Waals surface area contributed by atoms with Gasteiger partial charge in [0.15, 0.2) is 0 Å². The molecular weight excluding hydrogens is 194 g/mol. The second-order valence-electron chi connectivity index (χ2n) is 3.38. The summed E-state index contributed by atoms with van der Waals surface area (Å²) in [5.41, 5.74) is 1.51. The number of nitro benzene ring substituents is 1. The smallest absolute Gasteiger partial charge is 0.272 e. The Kier molecular flexibility index (Phi) is 3.80. The second-order valence-corrected chi connectivity index (χ2v) is 3.38. The Morgan fingerprint density at radius 2 is 2.27 bits per heavy atom. The fourth-order valence-electron chi connectivity index (χ4n) is 1.41. The zero-order valence-electron chi connectivity index (χ0n) is 8.64. The first-order valence-corrected chi connectivity index (χ1v) is 4.81. The Balaban J connectivity index is 3.16. The van der Waals surface area contributed by atoms with Crippen LogP contribution in [-0.2, 0) is 6.42 Å². The lowest BCUT2D eigenvalue weighted by Gasteiger charge is -2.09. The summed E-state index contributed by atoms with van der Waals surface area (Å²) in [6.45, 7) is 5.47. The summed E-state index contributed by atoms with van der Waals surface area (Å²) in [6.07, 6.45) is 0.623. The molecule has 0 aliphatic rings. The van der Waals surface area contributed by atoms with Crippen molar-refractivity contribution in [3.63, 3.8) is 0 Å². The van der Waals surface area contributed by atoms with Crippen molar-refractivity contribution in [3.8, 4) is 0 Å². The van der Waals surface area contributed by atoms with Crippen LogP contribution in [0.4, 0.5) is 5.69 Å². The van der Waals surface area contributed by atoms with E-state index >= 15 is 0 Å². The largest absolute Gasteiger partial charge is 0.396 e. The Morgan fingerprint density at radius 1 is 1.60 bits per heavy atom. The topological polar surface area (TPSA) is 63.4 Å². The normalized spacial score (nSPS) is 12.5. The summed E-state index contributed by atoms with van der Waals surface area (Å²) in [5, 5.41) is 19.7. The Bertz CT molecular complexity index is 363. The standard InChI is InChI=1S/C11H14NO3/c1-3-9-4-5-10(8(2)7-13)6-11(9)12(14)15/h4-6,8,13H,2-3,7H2,1H3. The van der Waals surface area contributed by atoms with Crippen molar-refractivity contribution < 1.29 is 10.0 Å². The van der Waals surface area contributed by atoms with Crippen molar-refractivity contribution in [1.82, 2.24) is 0 Å². The van der Waals surface area contributed by atoms with Crippen LogP contribution in [0, 0.1) is 17.0 Å². The zero-order valence-corrected chi connectivity index (χ0v) is 8.64. The first-order chi connectivity index (χ1) is 7.10. The molecule has 0 bridgehead atoms. The first-order valence-electron chi connectivity index (χ1n) is 4.81. The molecule has 15 heavy (non-hydrogen) atoms. The number of rotatable bonds is 4. The Hall–Kier alpha value is -1.42. The molecule has 4 nitrogen and oxygen atoms in total. The number of aryl methyl sites for hydroxylation is 1. The molecule has 0 saturated carbocycles. The van der Waals surface area contributed by atoms with Crippen LogP contribution in [0.1, 0.15) is 24.0 Å². The molecule has 1 aromatic carbocycles. The van der Waals surface area contributed by atoms with Gasteiger partial charge in [-0.05, 0) is 18.9 Å². The molecule has 0 saturated heterocycles. The summed E-state index contributed by atoms with van der Waals surface area (Å²) >= 11 is 0. The molecule has 0 spiro atoms. The van der Waals surface area contributed by atoms with Gasteiger partial charge in [-0.15, -0.1) is 0 Å². The van der Waals surface area contributed by atoms with E-state index in [2.05, 4.69) is 6.92 Å². The van der Waals surface area contributed by atoms with Crippen molar-refractivity contribution in [2.75, 3.05) is 6.61 Å². The molecular formula is C11H14NO3. The predicted molar refractivity (Wildman–Crippen MR) is 57.7 cm³/mol. The quantitative estimate of drug-likeness (QED) is 0.608. The molecule has 0 amide bonds. The summed E-state index contributed by atoms with van der Waals surface area (Å²) in [7, 11) is 0. The van der Waals surface area contributed by atoms with Gasteiger partial charge in [-0.25, -0.2) is 0 Å². The van der Waals surface area contributed by atoms with Crippen LogP contribution in [0.5, 0.6) is 0 Å². The molecule has 81 valence electrons. The van der Waals surface area contributed by atoms with Crippen LogP contribution in [0.15, 0.2) is 18.2 Å². The lowest BCUT2D eigenvalue weighted by molar-refractivity contribution is -0.385. The summed E-state index contributed by atoms with van der Waals surface area (Å²) in [4.78, 5) is 10.4. The van der Waals surface area contributed by atoms with Gasteiger partial charge in [-0.2, -0.15) is 0 Å². The minimum absolute atomic E-state index is 0.108. The van der Waals surface area contributed by atoms with E-state index < -0.39 is 4.92 Å². The van der Waals surface area contributed by atoms with Crippen LogP contribution in [0.3, 0.4) is 0 Å². The maximum atomic E-state index is 10.8. The minimum atomic E-state index is -0.396. The van der Waals surface area contributed by atoms with Crippen molar-refractivity contribution >= 4 is 5.69 Å². The van der Waals surface area contributed by atoms with Gasteiger partial charge in [0.2, 0.25) is 0 Å². The summed E-state index contributed by atoms with van der Waals surface area (Å²) in [6, 6.07) is 4.99. The zero-order chi connectivity index (χ0) is 11.4. The molecule has 4 heteroatoms. The van der Waals surface area contributed by atoms with Crippen LogP contribution < -0.4 is 0 Å². The third-order valence-electron chi connectivity index (χ3n) is 2.38. The number of aliphatic hydroxyl groups is 1. The number of hydrogen-bond acceptors (Lipinski definition) is 3. The van der Waals surface area contributed by atoms with Crippen molar-refractivity contribution in [2.45, 2.75) is 19.3 Å². The molecule has 1 N–H and O–H groups in total. The molecule has 1 unspecified atom stereocenters. The van der Waals surface area contributed by atoms with Gasteiger partial charge >= 0.3 is 0 Å². The average Bonchev–Trinajstić information content (AvgIpc) is 2.27. The second kappa shape index (κ2) is 4.89. The highest BCUT2D eigenvalue weighted by Crippen LogP contribution is 2.24. The SMILES string of the molecule is [CH2]C(CO)c1ccc(CC)c([N+](=O)[O-])c1. The molecule has 0 aromatic heterocycles. The third kappa shape index (κ3) is 2.53. The van der Waals surface area contributed by atoms with Gasteiger partial charge in [0.05, 0.1) is 4.92 Å². The summed E-state index contributed by atoms with van der Waals surface area (Å²) < 4.78 is 0. The van der Waals surface area contributed by atoms with Gasteiger partial charge in [-0.1, -0.05) is 19.1 Å². The molecule has 0 fully saturated rings. The maximum Gasteiger partial charge on any atom is 0.272 e. The molecule has 1 rings (SSSR count). The predicted octanol–water partition coefficient (Wildman–Crippen LogP) is 2.07. The number of benzene rings is 1. The lowest BCUT2D eigenvalue weighted by Crippen LogP contribution is -2.02. The van der Waals surface area contributed by atoms with Crippen LogP contribution >= 0.6 is 0 Å². The number of aliphatic hydroxyl groups excluding tert-OH is 1. The average molecular weight is 208 g/mol. The van der Waals surface area contributed by atoms with E-state index in [1.165, 1.54) is 6.07 Å². The van der Waals surface area contributed by atoms with Gasteiger partial charge in [0.25, 0.3) is 5.69 Å². The van der Waals surface area contributed by atoms with E-state index in [-0.39, 0.29) is 18.2 Å². The van der Waals surface area contributed by atoms with E-state index in [1.54, 1.807) is 12.1 Å². The van der Waals surface area contributed by atoms with Crippen LogP contribution in [-0.4, -0.2) is 16.6 Å². The van der Waals surface area contributed by atoms with Gasteiger partial charge in [-0.3, -0.25) is 10.1 Å². The van der Waals surface area contributed by atoms with Crippen LogP contribution in [0.2, 0.25) is 0 Å². The molecule has 0 aliphatic heterocycles. The molecule has 0 aliphatic carbocycles. The highest BCUT2D eigenvalue weighted by molar-refractivity contribution is 5.44. The maximum absolute atomic E-state index is 10.8. The summed E-state index contributed by atoms with van der Waals surface area (Å²) in [5.74, 6) is -0.311. The highest BCUT2D eigenvalue weighted by Gasteiger charge is 2.15. The van der Waals surface area contributed by atoms with Gasteiger partial charge in [0.1, 0.15) is 0 Å². The fourth-order valence-corrected chi connectivity index (χ4v) is 1.41. The molecule has 1 aromatic rings. The van der Waals surface area contributed by atoms with Gasteiger partial charge in [0, 0.05) is 24.2 Å². The van der Waals surface area contributed by atoms with E-state index in [0.717, 1.165) is 0 Å². The third-order valence-corrected chi connectivity index (χ3v) is 2.38. The fraction of sp³-hybridized carbons (Fsp3) is 0.364. The Labute approximate surface area is 88.7 Å². The van der Waals surface area contributed by atoms with E-state index in [1.807, 2.05) is 6.92 Å². The van der Waals surface area contributed by atoms with E-state index in [4.69, 9.17) is 5.11 Å². The molecule has 1 radical (unpaired) electrons. The van der Waals surface area contributed by atoms with Crippen molar-refractivity contribution in [2.24, 2.45) is 0 Å². The van der Waals surface area contributed by atoms with E-state index in [9.17, 15) is 10.1 Å². The number of nitrogens with zero attached hydrogens (tertiary/aromatic N) is 1. The molecule has 1 atom stereocenters. The van der Waals surface area contributed by atoms with Gasteiger partial charge < -0.3 is 5.11 Å².